The molecule has 1 amide bonds. The third-order valence-corrected chi connectivity index (χ3v) is 2.19. The molecule has 0 unspecified atom stereocenters. The molecule has 1 N–H and O–H groups in total. The van der Waals surface area contributed by atoms with E-state index in [1.54, 1.807) is 6.20 Å². The summed E-state index contributed by atoms with van der Waals surface area (Å²) in [5, 5.41) is 2.82. The van der Waals surface area contributed by atoms with Crippen LogP contribution < -0.4 is 5.32 Å². The van der Waals surface area contributed by atoms with Crippen LogP contribution in [0.2, 0.25) is 0 Å². The van der Waals surface area contributed by atoms with Gasteiger partial charge >= 0.3 is 0 Å². The molecule has 0 saturated carbocycles. The van der Waals surface area contributed by atoms with E-state index in [9.17, 15) is 4.79 Å². The summed E-state index contributed by atoms with van der Waals surface area (Å²) >= 11 is 1.41. The molecular weight excluding hydrogens is 172 g/mol. The highest BCUT2D eigenvalue weighted by Gasteiger charge is 2.05. The summed E-state index contributed by atoms with van der Waals surface area (Å²) in [6.45, 7) is 4.35. The van der Waals surface area contributed by atoms with E-state index in [4.69, 9.17) is 0 Å². The number of carbonyl (C=O) groups is 1. The van der Waals surface area contributed by atoms with E-state index in [-0.39, 0.29) is 11.8 Å². The summed E-state index contributed by atoms with van der Waals surface area (Å²) in [5.74, 6) is 0.140. The van der Waals surface area contributed by atoms with Gasteiger partial charge in [0.2, 0.25) is 5.91 Å². The molecule has 1 heterocycles. The Morgan fingerprint density at radius 2 is 2.50 bits per heavy atom. The van der Waals surface area contributed by atoms with Crippen LogP contribution in [0.15, 0.2) is 12.3 Å². The van der Waals surface area contributed by atoms with Gasteiger partial charge in [-0.2, -0.15) is 0 Å². The first kappa shape index (κ1) is 9.19. The van der Waals surface area contributed by atoms with Gasteiger partial charge in [0.25, 0.3) is 0 Å². The molecule has 0 atom stereocenters. The first-order chi connectivity index (χ1) is 5.70. The minimum atomic E-state index is 0.0536. The molecule has 0 aliphatic rings. The Labute approximate surface area is 76.0 Å². The lowest BCUT2D eigenvalue weighted by Gasteiger charge is -2.04. The molecule has 1 aromatic rings. The number of aromatic nitrogens is 1. The average molecular weight is 184 g/mol. The van der Waals surface area contributed by atoms with Crippen LogP contribution >= 0.6 is 11.5 Å². The molecular formula is C8H12N2OS. The van der Waals surface area contributed by atoms with E-state index in [2.05, 4.69) is 9.69 Å². The zero-order valence-corrected chi connectivity index (χ0v) is 8.02. The monoisotopic (exact) mass is 184 g/mol. The van der Waals surface area contributed by atoms with Gasteiger partial charge in [-0.15, -0.1) is 0 Å². The van der Waals surface area contributed by atoms with Crippen molar-refractivity contribution >= 4 is 17.4 Å². The highest BCUT2D eigenvalue weighted by atomic mass is 32.1. The Hall–Kier alpha value is -0.900. The van der Waals surface area contributed by atoms with Gasteiger partial charge in [0, 0.05) is 17.0 Å². The van der Waals surface area contributed by atoms with Gasteiger partial charge < -0.3 is 5.32 Å². The van der Waals surface area contributed by atoms with Gasteiger partial charge in [0.1, 0.15) is 0 Å². The van der Waals surface area contributed by atoms with Crippen LogP contribution in [0.1, 0.15) is 18.7 Å². The van der Waals surface area contributed by atoms with E-state index in [0.717, 1.165) is 4.88 Å². The lowest BCUT2D eigenvalue weighted by Crippen LogP contribution is -2.26. The predicted molar refractivity (Wildman–Crippen MR) is 48.8 cm³/mol. The van der Waals surface area contributed by atoms with Gasteiger partial charge in [-0.05, 0) is 17.6 Å². The van der Waals surface area contributed by atoms with E-state index < -0.39 is 0 Å². The molecule has 0 spiro atoms. The molecule has 1 rings (SSSR count). The van der Waals surface area contributed by atoms with Crippen LogP contribution in [0, 0.1) is 5.92 Å². The molecule has 0 fully saturated rings. The largest absolute Gasteiger partial charge is 0.351 e. The van der Waals surface area contributed by atoms with Crippen LogP contribution in [0.25, 0.3) is 0 Å². The second kappa shape index (κ2) is 4.21. The summed E-state index contributed by atoms with van der Waals surface area (Å²) in [6.07, 6.45) is 1.74. The van der Waals surface area contributed by atoms with Crippen molar-refractivity contribution in [3.8, 4) is 0 Å². The number of nitrogens with zero attached hydrogens (tertiary/aromatic N) is 1. The second-order valence-corrected chi connectivity index (χ2v) is 3.77. The second-order valence-electron chi connectivity index (χ2n) is 2.85. The van der Waals surface area contributed by atoms with Gasteiger partial charge in [0.15, 0.2) is 0 Å². The third kappa shape index (κ3) is 2.62. The molecule has 0 aliphatic carbocycles. The predicted octanol–water partition coefficient (Wildman–Crippen LogP) is 1.42. The first-order valence-electron chi connectivity index (χ1n) is 3.87. The Morgan fingerprint density at radius 3 is 3.00 bits per heavy atom. The summed E-state index contributed by atoms with van der Waals surface area (Å²) in [7, 11) is 0. The van der Waals surface area contributed by atoms with Crippen molar-refractivity contribution in [3.63, 3.8) is 0 Å². The highest BCUT2D eigenvalue weighted by molar-refractivity contribution is 7.05. The third-order valence-electron chi connectivity index (χ3n) is 1.45. The van der Waals surface area contributed by atoms with E-state index in [1.807, 2.05) is 19.9 Å². The quantitative estimate of drug-likeness (QED) is 0.771. The van der Waals surface area contributed by atoms with E-state index in [0.29, 0.717) is 6.54 Å². The number of nitrogens with one attached hydrogen (secondary N) is 1. The van der Waals surface area contributed by atoms with E-state index >= 15 is 0 Å². The lowest BCUT2D eigenvalue weighted by molar-refractivity contribution is -0.124. The van der Waals surface area contributed by atoms with Crippen LogP contribution in [-0.4, -0.2) is 10.3 Å². The minimum absolute atomic E-state index is 0.0536. The van der Waals surface area contributed by atoms with Crippen molar-refractivity contribution in [2.75, 3.05) is 0 Å². The summed E-state index contributed by atoms with van der Waals surface area (Å²) in [6, 6.07) is 1.91. The van der Waals surface area contributed by atoms with Crippen LogP contribution in [0.3, 0.4) is 0 Å². The molecule has 0 aromatic carbocycles. The highest BCUT2D eigenvalue weighted by Crippen LogP contribution is 2.03. The summed E-state index contributed by atoms with van der Waals surface area (Å²) in [4.78, 5) is 12.2. The van der Waals surface area contributed by atoms with Crippen LogP contribution in [-0.2, 0) is 11.3 Å². The topological polar surface area (TPSA) is 42.0 Å². The molecule has 12 heavy (non-hydrogen) atoms. The van der Waals surface area contributed by atoms with Crippen molar-refractivity contribution in [1.82, 2.24) is 9.69 Å². The molecule has 66 valence electrons. The fraction of sp³-hybridized carbons (Fsp3) is 0.500. The zero-order chi connectivity index (χ0) is 8.97. The summed E-state index contributed by atoms with van der Waals surface area (Å²) < 4.78 is 3.94. The number of hydrogen-bond acceptors (Lipinski definition) is 3. The lowest BCUT2D eigenvalue weighted by atomic mass is 10.2. The van der Waals surface area contributed by atoms with E-state index in [1.165, 1.54) is 11.5 Å². The van der Waals surface area contributed by atoms with Gasteiger partial charge in [-0.25, -0.2) is 4.37 Å². The number of hydrogen-bond donors (Lipinski definition) is 1. The molecule has 0 saturated heterocycles. The molecule has 1 aromatic heterocycles. The first-order valence-corrected chi connectivity index (χ1v) is 4.64. The van der Waals surface area contributed by atoms with Crippen LogP contribution in [0.4, 0.5) is 0 Å². The van der Waals surface area contributed by atoms with Crippen molar-refractivity contribution in [3.05, 3.63) is 17.1 Å². The number of rotatable bonds is 3. The standard InChI is InChI=1S/C8H12N2OS/c1-6(2)8(11)9-5-7-3-4-10-12-7/h3-4,6H,5H2,1-2H3,(H,9,11). The molecule has 0 aliphatic heterocycles. The number of amides is 1. The summed E-state index contributed by atoms with van der Waals surface area (Å²) in [5.41, 5.74) is 0. The fourth-order valence-corrected chi connectivity index (χ4v) is 1.23. The molecule has 4 heteroatoms. The minimum Gasteiger partial charge on any atom is -0.351 e. The van der Waals surface area contributed by atoms with Gasteiger partial charge in [-0.1, -0.05) is 13.8 Å². The Bertz CT molecular complexity index is 244. The average Bonchev–Trinajstić information content (AvgIpc) is 2.51. The molecule has 0 bridgehead atoms. The zero-order valence-electron chi connectivity index (χ0n) is 7.20. The Kier molecular flexibility index (Phi) is 3.22. The van der Waals surface area contributed by atoms with Crippen LogP contribution in [0.5, 0.6) is 0 Å². The van der Waals surface area contributed by atoms with Crippen molar-refractivity contribution in [2.45, 2.75) is 20.4 Å². The number of carbonyl (C=O) groups excluding carboxylic acids is 1. The Morgan fingerprint density at radius 1 is 1.75 bits per heavy atom. The maximum Gasteiger partial charge on any atom is 0.222 e. The van der Waals surface area contributed by atoms with Gasteiger partial charge in [-0.3, -0.25) is 4.79 Å². The normalized spacial score (nSPS) is 10.2. The fourth-order valence-electron chi connectivity index (χ4n) is 0.712. The maximum absolute atomic E-state index is 11.1. The van der Waals surface area contributed by atoms with Crippen molar-refractivity contribution in [2.24, 2.45) is 5.92 Å². The van der Waals surface area contributed by atoms with Crippen molar-refractivity contribution in [1.29, 1.82) is 0 Å². The molecule has 0 radical (unpaired) electrons. The SMILES string of the molecule is CC(C)C(=O)NCc1ccns1. The Balaban J connectivity index is 2.32. The van der Waals surface area contributed by atoms with Gasteiger partial charge in [0.05, 0.1) is 6.54 Å². The maximum atomic E-state index is 11.1. The molecule has 3 nitrogen and oxygen atoms in total. The van der Waals surface area contributed by atoms with Crippen molar-refractivity contribution < 1.29 is 4.79 Å². The smallest absolute Gasteiger partial charge is 0.222 e.